The summed E-state index contributed by atoms with van der Waals surface area (Å²) in [5, 5.41) is 14.7. The maximum Gasteiger partial charge on any atom is 0.0546 e. The Morgan fingerprint density at radius 3 is 1.14 bits per heavy atom. The number of aryl methyl sites for hydroxylation is 1. The highest BCUT2D eigenvalue weighted by atomic mass is 15.2. The van der Waals surface area contributed by atoms with Crippen LogP contribution in [0.1, 0.15) is 17.5 Å². The van der Waals surface area contributed by atoms with Crippen molar-refractivity contribution >= 4 is 105 Å². The van der Waals surface area contributed by atoms with Crippen LogP contribution >= 0.6 is 0 Å². The van der Waals surface area contributed by atoms with Gasteiger partial charge in [-0.15, -0.1) is 0 Å². The zero-order chi connectivity index (χ0) is 46.1. The van der Waals surface area contributed by atoms with Gasteiger partial charge in [-0.3, -0.25) is 0 Å². The van der Waals surface area contributed by atoms with E-state index in [2.05, 4.69) is 265 Å². The van der Waals surface area contributed by atoms with Gasteiger partial charge in [-0.2, -0.15) is 0 Å². The number of nitrogens with zero attached hydrogens (tertiary/aromatic N) is 2. The average molecular weight is 891 g/mol. The predicted molar refractivity (Wildman–Crippen MR) is 300 cm³/mol. The molecule has 1 aliphatic rings. The molecule has 0 atom stereocenters. The minimum absolute atomic E-state index is 1.06. The molecular weight excluding hydrogens is 845 g/mol. The quantitative estimate of drug-likeness (QED) is 0.140. The van der Waals surface area contributed by atoms with Crippen LogP contribution in [0.3, 0.4) is 0 Å². The van der Waals surface area contributed by atoms with Crippen molar-refractivity contribution in [2.75, 3.05) is 9.80 Å². The second-order valence-electron chi connectivity index (χ2n) is 18.8. The van der Waals surface area contributed by atoms with Crippen molar-refractivity contribution in [2.24, 2.45) is 0 Å². The molecule has 0 radical (unpaired) electrons. The number of anilines is 6. The first kappa shape index (κ1) is 40.1. The SMILES string of the molecule is C1=Cc2cc(N(c3ccc4ccccc4c3)c3cc(-c4ccccc4)c4ccc5c(N(c6ccc7ccccc7c6)c6ccc7ccccc7c6)cc(-c6ccccc6)c6ccc3c4c65)ccc2CC1. The fourth-order valence-corrected chi connectivity index (χ4v) is 11.4. The standard InChI is InChI=1S/C68H46N2/c1-3-19-49(20-4-1)63-43-65(69(55-31-27-45-15-7-11-23-51(45)39-55)56-32-28-46-16-8-12-24-52(46)40-56)61-38-36-60-64(50-21-5-2-6-22-50)44-66(62-37-35-59(63)67(61)68(60)62)70(57-33-29-47-17-9-13-25-53(47)41-57)58-34-30-48-18-10-14-26-54(48)42-58/h1-9,11-17,19-44H,10,18H2. The number of benzene rings is 13. The van der Waals surface area contributed by atoms with Crippen molar-refractivity contribution in [3.05, 3.63) is 260 Å². The molecule has 0 unspecified atom stereocenters. The molecule has 2 nitrogen and oxygen atoms in total. The average Bonchev–Trinajstić information content (AvgIpc) is 3.43. The van der Waals surface area contributed by atoms with E-state index in [1.807, 2.05) is 0 Å². The molecule has 328 valence electrons. The minimum atomic E-state index is 1.06. The number of hydrogen-bond acceptors (Lipinski definition) is 2. The highest BCUT2D eigenvalue weighted by Gasteiger charge is 2.26. The molecule has 2 heteroatoms. The van der Waals surface area contributed by atoms with Crippen LogP contribution in [0.5, 0.6) is 0 Å². The molecule has 0 heterocycles. The number of rotatable bonds is 8. The summed E-state index contributed by atoms with van der Waals surface area (Å²) in [6.07, 6.45) is 6.75. The van der Waals surface area contributed by atoms with Crippen molar-refractivity contribution < 1.29 is 0 Å². The monoisotopic (exact) mass is 890 g/mol. The van der Waals surface area contributed by atoms with Crippen LogP contribution in [0.25, 0.3) is 93.0 Å². The number of hydrogen-bond donors (Lipinski definition) is 0. The van der Waals surface area contributed by atoms with Gasteiger partial charge in [-0.1, -0.05) is 194 Å². The fraction of sp³-hybridized carbons (Fsp3) is 0.0294. The van der Waals surface area contributed by atoms with Crippen molar-refractivity contribution in [2.45, 2.75) is 12.8 Å². The van der Waals surface area contributed by atoms with E-state index in [1.54, 1.807) is 0 Å². The van der Waals surface area contributed by atoms with Gasteiger partial charge in [-0.25, -0.2) is 0 Å². The van der Waals surface area contributed by atoms with E-state index in [0.29, 0.717) is 0 Å². The van der Waals surface area contributed by atoms with E-state index in [1.165, 1.54) is 98.0 Å². The Morgan fingerprint density at radius 1 is 0.300 bits per heavy atom. The van der Waals surface area contributed by atoms with Gasteiger partial charge in [0.2, 0.25) is 0 Å². The van der Waals surface area contributed by atoms with Gasteiger partial charge < -0.3 is 9.80 Å². The molecule has 0 amide bonds. The smallest absolute Gasteiger partial charge is 0.0546 e. The highest BCUT2D eigenvalue weighted by Crippen LogP contribution is 2.53. The van der Waals surface area contributed by atoms with Crippen LogP contribution < -0.4 is 9.80 Å². The Balaban J connectivity index is 1.12. The molecule has 0 saturated heterocycles. The topological polar surface area (TPSA) is 6.48 Å². The van der Waals surface area contributed by atoms with E-state index in [4.69, 9.17) is 0 Å². The van der Waals surface area contributed by atoms with Crippen molar-refractivity contribution in [1.29, 1.82) is 0 Å². The molecule has 0 saturated carbocycles. The van der Waals surface area contributed by atoms with Crippen LogP contribution in [0.4, 0.5) is 34.1 Å². The van der Waals surface area contributed by atoms with E-state index in [-0.39, 0.29) is 0 Å². The molecule has 0 aliphatic heterocycles. The summed E-state index contributed by atoms with van der Waals surface area (Å²) in [6.45, 7) is 0. The third-order valence-corrected chi connectivity index (χ3v) is 14.7. The van der Waals surface area contributed by atoms with E-state index < -0.39 is 0 Å². The Labute approximate surface area is 407 Å². The zero-order valence-electron chi connectivity index (χ0n) is 38.6. The Kier molecular flexibility index (Phi) is 9.38. The summed E-state index contributed by atoms with van der Waals surface area (Å²) >= 11 is 0. The molecule has 0 fully saturated rings. The van der Waals surface area contributed by atoms with Crippen LogP contribution in [-0.2, 0) is 6.42 Å². The Hall–Kier alpha value is -8.98. The second kappa shape index (κ2) is 16.4. The Bertz CT molecular complexity index is 4110. The molecule has 0 N–H and O–H groups in total. The molecule has 0 bridgehead atoms. The van der Waals surface area contributed by atoms with Gasteiger partial charge in [0.1, 0.15) is 0 Å². The summed E-state index contributed by atoms with van der Waals surface area (Å²) in [5.41, 5.74) is 14.2. The van der Waals surface area contributed by atoms with E-state index in [0.717, 1.165) is 47.0 Å². The van der Waals surface area contributed by atoms with Gasteiger partial charge in [-0.05, 0) is 150 Å². The van der Waals surface area contributed by atoms with Crippen LogP contribution in [0.15, 0.2) is 249 Å². The lowest BCUT2D eigenvalue weighted by Gasteiger charge is -2.31. The maximum atomic E-state index is 2.52. The first-order valence-corrected chi connectivity index (χ1v) is 24.5. The molecule has 0 aromatic heterocycles. The third-order valence-electron chi connectivity index (χ3n) is 14.7. The van der Waals surface area contributed by atoms with Gasteiger partial charge >= 0.3 is 0 Å². The summed E-state index contributed by atoms with van der Waals surface area (Å²) in [7, 11) is 0. The summed E-state index contributed by atoms with van der Waals surface area (Å²) in [4.78, 5) is 5.02. The van der Waals surface area contributed by atoms with Gasteiger partial charge in [0.05, 0.1) is 11.4 Å². The number of allylic oxidation sites excluding steroid dienone is 1. The summed E-state index contributed by atoms with van der Waals surface area (Å²) < 4.78 is 0. The maximum absolute atomic E-state index is 2.52. The summed E-state index contributed by atoms with van der Waals surface area (Å²) in [6, 6.07) is 90.4. The van der Waals surface area contributed by atoms with Gasteiger partial charge in [0, 0.05) is 44.3 Å². The molecule has 1 aliphatic carbocycles. The zero-order valence-corrected chi connectivity index (χ0v) is 38.6. The van der Waals surface area contributed by atoms with Gasteiger partial charge in [0.25, 0.3) is 0 Å². The molecular formula is C68H46N2. The lowest BCUT2D eigenvalue weighted by molar-refractivity contribution is 0.985. The molecule has 13 aromatic carbocycles. The highest BCUT2D eigenvalue weighted by molar-refractivity contribution is 6.32. The predicted octanol–water partition coefficient (Wildman–Crippen LogP) is 19.3. The first-order valence-electron chi connectivity index (χ1n) is 24.5. The van der Waals surface area contributed by atoms with Gasteiger partial charge in [0.15, 0.2) is 0 Å². The summed E-state index contributed by atoms with van der Waals surface area (Å²) in [5.74, 6) is 0. The normalized spacial score (nSPS) is 12.4. The lowest BCUT2D eigenvalue weighted by atomic mass is 9.85. The molecule has 14 rings (SSSR count). The van der Waals surface area contributed by atoms with Crippen LogP contribution in [0.2, 0.25) is 0 Å². The molecule has 13 aromatic rings. The van der Waals surface area contributed by atoms with Crippen molar-refractivity contribution in [3.63, 3.8) is 0 Å². The van der Waals surface area contributed by atoms with E-state index >= 15 is 0 Å². The number of fused-ring (bicyclic) bond motifs is 4. The lowest BCUT2D eigenvalue weighted by Crippen LogP contribution is -2.13. The Morgan fingerprint density at radius 2 is 0.686 bits per heavy atom. The third kappa shape index (κ3) is 6.64. The van der Waals surface area contributed by atoms with E-state index in [9.17, 15) is 0 Å². The van der Waals surface area contributed by atoms with Crippen molar-refractivity contribution in [3.8, 4) is 22.3 Å². The van der Waals surface area contributed by atoms with Crippen LogP contribution in [-0.4, -0.2) is 0 Å². The van der Waals surface area contributed by atoms with Crippen molar-refractivity contribution in [1.82, 2.24) is 0 Å². The minimum Gasteiger partial charge on any atom is -0.310 e. The van der Waals surface area contributed by atoms with Crippen LogP contribution in [0, 0.1) is 0 Å². The fourth-order valence-electron chi connectivity index (χ4n) is 11.4. The molecule has 70 heavy (non-hydrogen) atoms. The second-order valence-corrected chi connectivity index (χ2v) is 18.8. The largest absolute Gasteiger partial charge is 0.310 e. The first-order chi connectivity index (χ1) is 34.7. The molecule has 0 spiro atoms.